The van der Waals surface area contributed by atoms with Crippen molar-refractivity contribution < 1.29 is 14.6 Å². The molecule has 0 aliphatic rings. The summed E-state index contributed by atoms with van der Waals surface area (Å²) in [7, 11) is 4.78. The number of hydrogen-bond donors (Lipinski definition) is 1. The summed E-state index contributed by atoms with van der Waals surface area (Å²) in [4.78, 5) is 12.6. The number of hydrogen-bond acceptors (Lipinski definition) is 3. The van der Waals surface area contributed by atoms with E-state index in [9.17, 15) is 4.79 Å². The van der Waals surface area contributed by atoms with Crippen LogP contribution in [0, 0.1) is 0 Å². The van der Waals surface area contributed by atoms with Gasteiger partial charge in [-0.1, -0.05) is 0 Å². The minimum absolute atomic E-state index is 0.0297. The number of likely N-dealkylation sites (N-methyl/N-ethyl adjacent to an activating group) is 1. The predicted molar refractivity (Wildman–Crippen MR) is 41.2 cm³/mol. The van der Waals surface area contributed by atoms with Crippen LogP contribution in [-0.2, 0) is 9.53 Å². The van der Waals surface area contributed by atoms with Crippen molar-refractivity contribution in [3.63, 3.8) is 0 Å². The molecule has 4 nitrogen and oxygen atoms in total. The average molecular weight is 161 g/mol. The van der Waals surface area contributed by atoms with Gasteiger partial charge in [0.2, 0.25) is 0 Å². The number of carbonyl (C=O) groups excluding carboxylic acids is 1. The topological polar surface area (TPSA) is 49.8 Å². The molecule has 0 heterocycles. The predicted octanol–water partition coefficient (Wildman–Crippen LogP) is -0.528. The SMILES string of the molecule is COC(CCO)C(=O)N(C)C. The van der Waals surface area contributed by atoms with E-state index in [2.05, 4.69) is 0 Å². The number of ether oxygens (including phenoxy) is 1. The molecule has 0 bridgehead atoms. The van der Waals surface area contributed by atoms with Gasteiger partial charge < -0.3 is 14.7 Å². The number of aliphatic hydroxyl groups is 1. The smallest absolute Gasteiger partial charge is 0.251 e. The lowest BCUT2D eigenvalue weighted by molar-refractivity contribution is -0.140. The summed E-state index contributed by atoms with van der Waals surface area (Å²) in [5.41, 5.74) is 0. The standard InChI is InChI=1S/C7H15NO3/c1-8(2)7(10)6(11-3)4-5-9/h6,9H,4-5H2,1-3H3. The zero-order valence-corrected chi connectivity index (χ0v) is 7.20. The molecule has 1 N–H and O–H groups in total. The van der Waals surface area contributed by atoms with Crippen LogP contribution in [0.5, 0.6) is 0 Å². The number of rotatable bonds is 4. The molecule has 0 aliphatic heterocycles. The van der Waals surface area contributed by atoms with E-state index in [-0.39, 0.29) is 12.5 Å². The van der Waals surface area contributed by atoms with Crippen LogP contribution in [0.1, 0.15) is 6.42 Å². The molecule has 0 saturated heterocycles. The number of methoxy groups -OCH3 is 1. The van der Waals surface area contributed by atoms with Gasteiger partial charge in [-0.15, -0.1) is 0 Å². The fourth-order valence-corrected chi connectivity index (χ4v) is 0.747. The minimum atomic E-state index is -0.505. The molecular formula is C7H15NO3. The molecule has 0 aromatic heterocycles. The van der Waals surface area contributed by atoms with Crippen molar-refractivity contribution in [2.75, 3.05) is 27.8 Å². The van der Waals surface area contributed by atoms with Gasteiger partial charge in [0, 0.05) is 34.2 Å². The first-order valence-corrected chi connectivity index (χ1v) is 3.48. The largest absolute Gasteiger partial charge is 0.396 e. The third kappa shape index (κ3) is 3.34. The Labute approximate surface area is 66.8 Å². The molecule has 0 saturated carbocycles. The molecule has 66 valence electrons. The van der Waals surface area contributed by atoms with Crippen molar-refractivity contribution in [1.29, 1.82) is 0 Å². The molecular weight excluding hydrogens is 146 g/mol. The second kappa shape index (κ2) is 5.09. The van der Waals surface area contributed by atoms with Crippen LogP contribution in [0.15, 0.2) is 0 Å². The Morgan fingerprint density at radius 3 is 2.45 bits per heavy atom. The number of amides is 1. The van der Waals surface area contributed by atoms with Crippen molar-refractivity contribution in [2.24, 2.45) is 0 Å². The van der Waals surface area contributed by atoms with Gasteiger partial charge in [-0.2, -0.15) is 0 Å². The van der Waals surface area contributed by atoms with Crippen molar-refractivity contribution in [3.05, 3.63) is 0 Å². The molecule has 1 atom stereocenters. The monoisotopic (exact) mass is 161 g/mol. The number of aliphatic hydroxyl groups excluding tert-OH is 1. The van der Waals surface area contributed by atoms with Crippen LogP contribution in [0.25, 0.3) is 0 Å². The highest BCUT2D eigenvalue weighted by atomic mass is 16.5. The number of nitrogens with zero attached hydrogens (tertiary/aromatic N) is 1. The molecule has 0 rings (SSSR count). The zero-order valence-electron chi connectivity index (χ0n) is 7.20. The Hall–Kier alpha value is -0.610. The lowest BCUT2D eigenvalue weighted by atomic mass is 10.2. The van der Waals surface area contributed by atoms with E-state index in [4.69, 9.17) is 9.84 Å². The lowest BCUT2D eigenvalue weighted by Gasteiger charge is -2.17. The van der Waals surface area contributed by atoms with Gasteiger partial charge in [0.25, 0.3) is 5.91 Å². The minimum Gasteiger partial charge on any atom is -0.396 e. The molecule has 0 radical (unpaired) electrons. The average Bonchev–Trinajstić information content (AvgIpc) is 1.98. The highest BCUT2D eigenvalue weighted by Gasteiger charge is 2.18. The van der Waals surface area contributed by atoms with Crippen molar-refractivity contribution in [2.45, 2.75) is 12.5 Å². The number of carbonyl (C=O) groups is 1. The maximum Gasteiger partial charge on any atom is 0.251 e. The van der Waals surface area contributed by atoms with E-state index >= 15 is 0 Å². The molecule has 0 aromatic rings. The second-order valence-corrected chi connectivity index (χ2v) is 2.47. The fourth-order valence-electron chi connectivity index (χ4n) is 0.747. The summed E-state index contributed by atoms with van der Waals surface area (Å²) in [6.07, 6.45) is -0.150. The van der Waals surface area contributed by atoms with Gasteiger partial charge in [0.15, 0.2) is 0 Å². The summed E-state index contributed by atoms with van der Waals surface area (Å²) in [5.74, 6) is -0.110. The summed E-state index contributed by atoms with van der Waals surface area (Å²) in [5, 5.41) is 8.55. The van der Waals surface area contributed by atoms with E-state index in [0.717, 1.165) is 0 Å². The molecule has 1 amide bonds. The van der Waals surface area contributed by atoms with Crippen LogP contribution in [0.3, 0.4) is 0 Å². The Balaban J connectivity index is 3.92. The Bertz CT molecular complexity index is 125. The van der Waals surface area contributed by atoms with Gasteiger partial charge in [0.1, 0.15) is 6.10 Å². The van der Waals surface area contributed by atoms with Gasteiger partial charge in [-0.05, 0) is 0 Å². The highest BCUT2D eigenvalue weighted by molar-refractivity contribution is 5.80. The van der Waals surface area contributed by atoms with Crippen LogP contribution < -0.4 is 0 Å². The lowest BCUT2D eigenvalue weighted by Crippen LogP contribution is -2.35. The van der Waals surface area contributed by atoms with E-state index in [1.54, 1.807) is 14.1 Å². The molecule has 0 spiro atoms. The van der Waals surface area contributed by atoms with E-state index in [1.165, 1.54) is 12.0 Å². The summed E-state index contributed by atoms with van der Waals surface area (Å²) in [6, 6.07) is 0. The van der Waals surface area contributed by atoms with Crippen LogP contribution in [0.4, 0.5) is 0 Å². The van der Waals surface area contributed by atoms with E-state index in [0.29, 0.717) is 6.42 Å². The molecule has 0 fully saturated rings. The quantitative estimate of drug-likeness (QED) is 0.603. The van der Waals surface area contributed by atoms with Gasteiger partial charge in [0.05, 0.1) is 0 Å². The summed E-state index contributed by atoms with van der Waals surface area (Å²) in [6.45, 7) is -0.0297. The van der Waals surface area contributed by atoms with Crippen LogP contribution in [-0.4, -0.2) is 49.8 Å². The van der Waals surface area contributed by atoms with E-state index < -0.39 is 6.10 Å². The van der Waals surface area contributed by atoms with E-state index in [1.807, 2.05) is 0 Å². The second-order valence-electron chi connectivity index (χ2n) is 2.47. The van der Waals surface area contributed by atoms with Gasteiger partial charge in [-0.3, -0.25) is 4.79 Å². The first kappa shape index (κ1) is 10.4. The normalized spacial score (nSPS) is 12.7. The first-order valence-electron chi connectivity index (χ1n) is 3.48. The van der Waals surface area contributed by atoms with Gasteiger partial charge in [-0.25, -0.2) is 0 Å². The molecule has 1 unspecified atom stereocenters. The maximum absolute atomic E-state index is 11.2. The fraction of sp³-hybridized carbons (Fsp3) is 0.857. The van der Waals surface area contributed by atoms with Crippen molar-refractivity contribution >= 4 is 5.91 Å². The maximum atomic E-state index is 11.2. The van der Waals surface area contributed by atoms with Crippen LogP contribution >= 0.6 is 0 Å². The van der Waals surface area contributed by atoms with Crippen molar-refractivity contribution in [1.82, 2.24) is 4.90 Å². The summed E-state index contributed by atoms with van der Waals surface area (Å²) >= 11 is 0. The zero-order chi connectivity index (χ0) is 8.85. The van der Waals surface area contributed by atoms with Crippen molar-refractivity contribution in [3.8, 4) is 0 Å². The third-order valence-electron chi connectivity index (χ3n) is 1.39. The highest BCUT2D eigenvalue weighted by Crippen LogP contribution is 1.99. The van der Waals surface area contributed by atoms with Gasteiger partial charge >= 0.3 is 0 Å². The summed E-state index contributed by atoms with van der Waals surface area (Å²) < 4.78 is 4.86. The molecule has 4 heteroatoms. The first-order chi connectivity index (χ1) is 5.13. The Kier molecular flexibility index (Phi) is 4.81. The third-order valence-corrected chi connectivity index (χ3v) is 1.39. The molecule has 0 aromatic carbocycles. The van der Waals surface area contributed by atoms with Crippen LogP contribution in [0.2, 0.25) is 0 Å². The Morgan fingerprint density at radius 1 is 1.64 bits per heavy atom. The Morgan fingerprint density at radius 2 is 2.18 bits per heavy atom. The molecule has 11 heavy (non-hydrogen) atoms. The molecule has 0 aliphatic carbocycles.